The fraction of sp³-hybridized carbons (Fsp3) is 0.438. The normalized spacial score (nSPS) is 17.6. The van der Waals surface area contributed by atoms with Crippen molar-refractivity contribution in [1.29, 1.82) is 0 Å². The predicted octanol–water partition coefficient (Wildman–Crippen LogP) is 2.27. The average Bonchev–Trinajstić information content (AvgIpc) is 3.01. The fourth-order valence-corrected chi connectivity index (χ4v) is 2.62. The first-order chi connectivity index (χ1) is 10.3. The van der Waals surface area contributed by atoms with E-state index in [0.29, 0.717) is 13.0 Å². The second kappa shape index (κ2) is 6.28. The Morgan fingerprint density at radius 2 is 2.19 bits per heavy atom. The van der Waals surface area contributed by atoms with Crippen molar-refractivity contribution in [2.45, 2.75) is 25.2 Å². The highest BCUT2D eigenvalue weighted by atomic mass is 16.7. The van der Waals surface area contributed by atoms with E-state index < -0.39 is 5.79 Å². The first-order valence-corrected chi connectivity index (χ1v) is 7.16. The highest BCUT2D eigenvalue weighted by Crippen LogP contribution is 2.27. The number of benzene rings is 1. The summed E-state index contributed by atoms with van der Waals surface area (Å²) in [5.41, 5.74) is 1.14. The predicted molar refractivity (Wildman–Crippen MR) is 78.2 cm³/mol. The Morgan fingerprint density at radius 1 is 1.33 bits per heavy atom. The molecule has 0 saturated carbocycles. The lowest BCUT2D eigenvalue weighted by molar-refractivity contribution is -0.272. The number of nitrogens with zero attached hydrogens (tertiary/aromatic N) is 2. The number of rotatable bonds is 5. The quantitative estimate of drug-likeness (QED) is 0.846. The molecule has 0 atom stereocenters. The SMILES string of the molecule is COc1cccc(CC2(Cn3ccnc3)OCCCO2)c1. The van der Waals surface area contributed by atoms with Crippen LogP contribution in [-0.2, 0) is 22.4 Å². The van der Waals surface area contributed by atoms with Gasteiger partial charge in [-0.25, -0.2) is 4.98 Å². The highest BCUT2D eigenvalue weighted by Gasteiger charge is 2.35. The molecule has 0 bridgehead atoms. The minimum absolute atomic E-state index is 0.629. The summed E-state index contributed by atoms with van der Waals surface area (Å²) in [5, 5.41) is 0. The Bertz CT molecular complexity index is 563. The van der Waals surface area contributed by atoms with Gasteiger partial charge in [-0.2, -0.15) is 0 Å². The molecule has 0 radical (unpaired) electrons. The van der Waals surface area contributed by atoms with E-state index in [1.54, 1.807) is 19.6 Å². The van der Waals surface area contributed by atoms with E-state index in [4.69, 9.17) is 14.2 Å². The third-order valence-corrected chi connectivity index (χ3v) is 3.61. The van der Waals surface area contributed by atoms with Gasteiger partial charge in [-0.15, -0.1) is 0 Å². The molecule has 0 N–H and O–H groups in total. The third kappa shape index (κ3) is 3.43. The molecule has 1 aliphatic heterocycles. The molecule has 2 heterocycles. The summed E-state index contributed by atoms with van der Waals surface area (Å²) < 4.78 is 19.3. The van der Waals surface area contributed by atoms with Gasteiger partial charge in [-0.1, -0.05) is 12.1 Å². The van der Waals surface area contributed by atoms with Crippen molar-refractivity contribution in [3.05, 3.63) is 48.5 Å². The van der Waals surface area contributed by atoms with E-state index in [2.05, 4.69) is 11.1 Å². The minimum atomic E-state index is -0.634. The number of ether oxygens (including phenoxy) is 3. The Morgan fingerprint density at radius 3 is 2.90 bits per heavy atom. The summed E-state index contributed by atoms with van der Waals surface area (Å²) in [5.74, 6) is 0.215. The fourth-order valence-electron chi connectivity index (χ4n) is 2.62. The zero-order chi connectivity index (χ0) is 14.5. The monoisotopic (exact) mass is 288 g/mol. The second-order valence-corrected chi connectivity index (χ2v) is 5.22. The zero-order valence-corrected chi connectivity index (χ0v) is 12.2. The van der Waals surface area contributed by atoms with Crippen LogP contribution >= 0.6 is 0 Å². The third-order valence-electron chi connectivity index (χ3n) is 3.61. The molecule has 21 heavy (non-hydrogen) atoms. The first kappa shape index (κ1) is 14.1. The molecular formula is C16H20N2O3. The topological polar surface area (TPSA) is 45.5 Å². The molecule has 0 spiro atoms. The lowest BCUT2D eigenvalue weighted by Gasteiger charge is -2.37. The molecule has 2 aromatic rings. The van der Waals surface area contributed by atoms with Crippen LogP contribution in [-0.4, -0.2) is 35.7 Å². The molecule has 1 aliphatic rings. The van der Waals surface area contributed by atoms with Gasteiger partial charge in [-0.3, -0.25) is 0 Å². The molecule has 1 saturated heterocycles. The molecule has 5 nitrogen and oxygen atoms in total. The molecular weight excluding hydrogens is 268 g/mol. The van der Waals surface area contributed by atoms with Gasteiger partial charge >= 0.3 is 0 Å². The molecule has 112 valence electrons. The Kier molecular flexibility index (Phi) is 4.22. The van der Waals surface area contributed by atoms with Gasteiger partial charge < -0.3 is 18.8 Å². The number of aromatic nitrogens is 2. The van der Waals surface area contributed by atoms with Gasteiger partial charge in [0.05, 0.1) is 33.2 Å². The van der Waals surface area contributed by atoms with Gasteiger partial charge in [0.2, 0.25) is 0 Å². The summed E-state index contributed by atoms with van der Waals surface area (Å²) in [6.45, 7) is 2.07. The number of hydrogen-bond donors (Lipinski definition) is 0. The molecule has 0 amide bonds. The van der Waals surface area contributed by atoms with E-state index >= 15 is 0 Å². The van der Waals surface area contributed by atoms with E-state index in [1.807, 2.05) is 29.0 Å². The molecule has 5 heteroatoms. The standard InChI is InChI=1S/C16H20N2O3/c1-19-15-5-2-4-14(10-15)11-16(20-8-3-9-21-16)12-18-7-6-17-13-18/h2,4-7,10,13H,3,8-9,11-12H2,1H3. The van der Waals surface area contributed by atoms with Crippen LogP contribution in [0, 0.1) is 0 Å². The van der Waals surface area contributed by atoms with Gasteiger partial charge in [0.15, 0.2) is 5.79 Å². The minimum Gasteiger partial charge on any atom is -0.497 e. The number of hydrogen-bond acceptors (Lipinski definition) is 4. The largest absolute Gasteiger partial charge is 0.497 e. The number of methoxy groups -OCH3 is 1. The lowest BCUT2D eigenvalue weighted by Crippen LogP contribution is -2.46. The van der Waals surface area contributed by atoms with Crippen LogP contribution in [0.15, 0.2) is 43.0 Å². The maximum absolute atomic E-state index is 6.00. The van der Waals surface area contributed by atoms with Crippen molar-refractivity contribution in [3.63, 3.8) is 0 Å². The van der Waals surface area contributed by atoms with Gasteiger partial charge in [-0.05, 0) is 24.1 Å². The van der Waals surface area contributed by atoms with Crippen LogP contribution < -0.4 is 4.74 Å². The highest BCUT2D eigenvalue weighted by molar-refractivity contribution is 5.29. The van der Waals surface area contributed by atoms with Crippen LogP contribution in [0.5, 0.6) is 5.75 Å². The molecule has 1 aromatic carbocycles. The van der Waals surface area contributed by atoms with Gasteiger partial charge in [0.25, 0.3) is 0 Å². The smallest absolute Gasteiger partial charge is 0.190 e. The van der Waals surface area contributed by atoms with Crippen molar-refractivity contribution >= 4 is 0 Å². The van der Waals surface area contributed by atoms with Crippen LogP contribution in [0.1, 0.15) is 12.0 Å². The molecule has 1 fully saturated rings. The Hall–Kier alpha value is -1.85. The van der Waals surface area contributed by atoms with Gasteiger partial charge in [0, 0.05) is 18.8 Å². The van der Waals surface area contributed by atoms with Crippen LogP contribution in [0.3, 0.4) is 0 Å². The van der Waals surface area contributed by atoms with Gasteiger partial charge in [0.1, 0.15) is 5.75 Å². The summed E-state index contributed by atoms with van der Waals surface area (Å²) in [6, 6.07) is 8.02. The van der Waals surface area contributed by atoms with Crippen LogP contribution in [0.25, 0.3) is 0 Å². The molecule has 3 rings (SSSR count). The molecule has 0 unspecified atom stereocenters. The first-order valence-electron chi connectivity index (χ1n) is 7.16. The van der Waals surface area contributed by atoms with Crippen molar-refractivity contribution in [1.82, 2.24) is 9.55 Å². The van der Waals surface area contributed by atoms with Crippen LogP contribution in [0.2, 0.25) is 0 Å². The maximum atomic E-state index is 6.00. The van der Waals surface area contributed by atoms with Crippen LogP contribution in [0.4, 0.5) is 0 Å². The van der Waals surface area contributed by atoms with E-state index in [1.165, 1.54) is 0 Å². The molecule has 0 aliphatic carbocycles. The van der Waals surface area contributed by atoms with Crippen molar-refractivity contribution in [2.75, 3.05) is 20.3 Å². The van der Waals surface area contributed by atoms with Crippen molar-refractivity contribution in [3.8, 4) is 5.75 Å². The van der Waals surface area contributed by atoms with E-state index in [-0.39, 0.29) is 0 Å². The Labute approximate surface area is 124 Å². The van der Waals surface area contributed by atoms with Crippen molar-refractivity contribution < 1.29 is 14.2 Å². The maximum Gasteiger partial charge on any atom is 0.190 e. The number of imidazole rings is 1. The summed E-state index contributed by atoms with van der Waals surface area (Å²) in [6.07, 6.45) is 7.09. The van der Waals surface area contributed by atoms with E-state index in [0.717, 1.165) is 30.9 Å². The lowest BCUT2D eigenvalue weighted by atomic mass is 10.0. The second-order valence-electron chi connectivity index (χ2n) is 5.22. The van der Waals surface area contributed by atoms with Crippen molar-refractivity contribution in [2.24, 2.45) is 0 Å². The average molecular weight is 288 g/mol. The molecule has 1 aromatic heterocycles. The summed E-state index contributed by atoms with van der Waals surface area (Å²) in [4.78, 5) is 4.09. The summed E-state index contributed by atoms with van der Waals surface area (Å²) >= 11 is 0. The Balaban J connectivity index is 1.81. The summed E-state index contributed by atoms with van der Waals surface area (Å²) in [7, 11) is 1.67. The zero-order valence-electron chi connectivity index (χ0n) is 12.2. The van der Waals surface area contributed by atoms with E-state index in [9.17, 15) is 0 Å².